The fourth-order valence-electron chi connectivity index (χ4n) is 1.82. The Balaban J connectivity index is 2.73. The van der Waals surface area contributed by atoms with Gasteiger partial charge in [-0.2, -0.15) is 0 Å². The van der Waals surface area contributed by atoms with Crippen LogP contribution in [-0.4, -0.2) is 25.2 Å². The molecule has 0 amide bonds. The minimum atomic E-state index is -0.00109. The van der Waals surface area contributed by atoms with E-state index >= 15 is 0 Å². The van der Waals surface area contributed by atoms with Crippen LogP contribution >= 0.6 is 0 Å². The first-order valence-corrected chi connectivity index (χ1v) is 7.08. The monoisotopic (exact) mass is 277 g/mol. The normalized spacial score (nSPS) is 12.3. The van der Waals surface area contributed by atoms with Gasteiger partial charge in [-0.15, -0.1) is 0 Å². The van der Waals surface area contributed by atoms with Crippen molar-refractivity contribution < 1.29 is 4.74 Å². The molecule has 0 fully saturated rings. The number of guanidine groups is 1. The summed E-state index contributed by atoms with van der Waals surface area (Å²) in [5, 5.41) is 6.64. The summed E-state index contributed by atoms with van der Waals surface area (Å²) in [6, 6.07) is 8.33. The second-order valence-electron chi connectivity index (χ2n) is 5.82. The first-order chi connectivity index (χ1) is 9.44. The lowest BCUT2D eigenvalue weighted by Crippen LogP contribution is -2.47. The largest absolute Gasteiger partial charge is 0.380 e. The molecule has 0 spiro atoms. The Morgan fingerprint density at radius 3 is 2.55 bits per heavy atom. The summed E-state index contributed by atoms with van der Waals surface area (Å²) < 4.78 is 5.15. The van der Waals surface area contributed by atoms with E-state index in [1.807, 2.05) is 6.07 Å². The van der Waals surface area contributed by atoms with Crippen molar-refractivity contribution in [3.8, 4) is 0 Å². The van der Waals surface area contributed by atoms with Crippen molar-refractivity contribution in [1.82, 2.24) is 10.6 Å². The van der Waals surface area contributed by atoms with Gasteiger partial charge in [0.1, 0.15) is 0 Å². The van der Waals surface area contributed by atoms with Crippen LogP contribution in [0.4, 0.5) is 0 Å². The number of hydrogen-bond donors (Lipinski definition) is 2. The third kappa shape index (κ3) is 6.57. The lowest BCUT2D eigenvalue weighted by molar-refractivity contribution is 0.185. The summed E-state index contributed by atoms with van der Waals surface area (Å²) in [7, 11) is 1.71. The number of nitrogens with zero attached hydrogens (tertiary/aromatic N) is 1. The van der Waals surface area contributed by atoms with Crippen LogP contribution in [0.3, 0.4) is 0 Å². The molecule has 2 N–H and O–H groups in total. The molecule has 0 aliphatic heterocycles. The van der Waals surface area contributed by atoms with E-state index in [4.69, 9.17) is 4.74 Å². The zero-order chi connectivity index (χ0) is 15.0. The van der Waals surface area contributed by atoms with Crippen LogP contribution in [0.5, 0.6) is 0 Å². The van der Waals surface area contributed by atoms with E-state index in [-0.39, 0.29) is 5.54 Å². The van der Waals surface area contributed by atoms with E-state index in [0.29, 0.717) is 13.2 Å². The Hall–Kier alpha value is -1.55. The van der Waals surface area contributed by atoms with Crippen LogP contribution in [0, 0.1) is 0 Å². The Bertz CT molecular complexity index is 436. The lowest BCUT2D eigenvalue weighted by Gasteiger charge is -2.23. The number of rotatable bonds is 5. The van der Waals surface area contributed by atoms with Gasteiger partial charge in [0.25, 0.3) is 0 Å². The Morgan fingerprint density at radius 2 is 1.95 bits per heavy atom. The van der Waals surface area contributed by atoms with Gasteiger partial charge in [0.15, 0.2) is 5.96 Å². The minimum Gasteiger partial charge on any atom is -0.380 e. The second kappa shape index (κ2) is 7.90. The van der Waals surface area contributed by atoms with E-state index in [1.54, 1.807) is 7.11 Å². The van der Waals surface area contributed by atoms with Crippen LogP contribution in [0.2, 0.25) is 0 Å². The van der Waals surface area contributed by atoms with Crippen molar-refractivity contribution in [3.05, 3.63) is 35.4 Å². The molecule has 0 aliphatic rings. The zero-order valence-corrected chi connectivity index (χ0v) is 13.3. The van der Waals surface area contributed by atoms with Gasteiger partial charge in [-0.25, -0.2) is 4.99 Å². The predicted octanol–water partition coefficient (Wildman–Crippen LogP) is 2.69. The van der Waals surface area contributed by atoms with E-state index < -0.39 is 0 Å². The molecule has 0 atom stereocenters. The molecule has 20 heavy (non-hydrogen) atoms. The Kier molecular flexibility index (Phi) is 6.52. The quantitative estimate of drug-likeness (QED) is 0.642. The molecule has 0 unspecified atom stereocenters. The average molecular weight is 277 g/mol. The number of ether oxygens (including phenoxy) is 1. The lowest BCUT2D eigenvalue weighted by atomic mass is 10.1. The van der Waals surface area contributed by atoms with E-state index in [9.17, 15) is 0 Å². The summed E-state index contributed by atoms with van der Waals surface area (Å²) in [5.74, 6) is 0.845. The minimum absolute atomic E-state index is 0.00109. The molecule has 0 radical (unpaired) electrons. The van der Waals surface area contributed by atoms with Gasteiger partial charge in [0.05, 0.1) is 13.2 Å². The number of hydrogen-bond acceptors (Lipinski definition) is 2. The molecule has 0 saturated heterocycles. The first kappa shape index (κ1) is 16.5. The number of aliphatic imine (C=N–C) groups is 1. The van der Waals surface area contributed by atoms with Gasteiger partial charge in [0.2, 0.25) is 0 Å². The number of nitrogens with one attached hydrogen (secondary N) is 2. The van der Waals surface area contributed by atoms with Gasteiger partial charge in [-0.3, -0.25) is 0 Å². The molecular weight excluding hydrogens is 250 g/mol. The maximum Gasteiger partial charge on any atom is 0.191 e. The molecule has 1 aromatic carbocycles. The third-order valence-corrected chi connectivity index (χ3v) is 2.56. The second-order valence-corrected chi connectivity index (χ2v) is 5.82. The molecule has 0 saturated carbocycles. The van der Waals surface area contributed by atoms with Gasteiger partial charge in [-0.1, -0.05) is 24.3 Å². The molecule has 0 bridgehead atoms. The highest BCUT2D eigenvalue weighted by Crippen LogP contribution is 2.08. The number of benzene rings is 1. The van der Waals surface area contributed by atoms with Gasteiger partial charge < -0.3 is 15.4 Å². The summed E-state index contributed by atoms with van der Waals surface area (Å²) >= 11 is 0. The van der Waals surface area contributed by atoms with Crippen LogP contribution in [-0.2, 0) is 17.9 Å². The SMILES string of the molecule is CCNC(=NCc1cccc(COC)c1)NC(C)(C)C. The molecule has 0 aliphatic carbocycles. The number of methoxy groups -OCH3 is 1. The summed E-state index contributed by atoms with van der Waals surface area (Å²) in [5.41, 5.74) is 2.36. The molecule has 1 rings (SSSR count). The van der Waals surface area contributed by atoms with Crippen LogP contribution < -0.4 is 10.6 Å². The summed E-state index contributed by atoms with van der Waals surface area (Å²) in [6.07, 6.45) is 0. The fraction of sp³-hybridized carbons (Fsp3) is 0.562. The summed E-state index contributed by atoms with van der Waals surface area (Å²) in [6.45, 7) is 10.6. The Labute approximate surface area is 122 Å². The maximum atomic E-state index is 5.15. The highest BCUT2D eigenvalue weighted by Gasteiger charge is 2.11. The molecular formula is C16H27N3O. The van der Waals surface area contributed by atoms with Gasteiger partial charge >= 0.3 is 0 Å². The molecule has 1 aromatic rings. The highest BCUT2D eigenvalue weighted by molar-refractivity contribution is 5.80. The van der Waals surface area contributed by atoms with Crippen LogP contribution in [0.15, 0.2) is 29.3 Å². The van der Waals surface area contributed by atoms with Gasteiger partial charge in [0, 0.05) is 19.2 Å². The molecule has 0 aromatic heterocycles. The zero-order valence-electron chi connectivity index (χ0n) is 13.3. The van der Waals surface area contributed by atoms with Crippen molar-refractivity contribution in [2.24, 2.45) is 4.99 Å². The Morgan fingerprint density at radius 1 is 1.25 bits per heavy atom. The predicted molar refractivity (Wildman–Crippen MR) is 84.9 cm³/mol. The van der Waals surface area contributed by atoms with Crippen molar-refractivity contribution in [2.45, 2.75) is 46.4 Å². The van der Waals surface area contributed by atoms with Crippen LogP contribution in [0.1, 0.15) is 38.8 Å². The van der Waals surface area contributed by atoms with E-state index in [1.165, 1.54) is 11.1 Å². The summed E-state index contributed by atoms with van der Waals surface area (Å²) in [4.78, 5) is 4.62. The highest BCUT2D eigenvalue weighted by atomic mass is 16.5. The maximum absolute atomic E-state index is 5.15. The average Bonchev–Trinajstić information content (AvgIpc) is 2.35. The van der Waals surface area contributed by atoms with Crippen molar-refractivity contribution in [3.63, 3.8) is 0 Å². The van der Waals surface area contributed by atoms with Crippen LogP contribution in [0.25, 0.3) is 0 Å². The van der Waals surface area contributed by atoms with Crippen molar-refractivity contribution in [2.75, 3.05) is 13.7 Å². The van der Waals surface area contributed by atoms with Gasteiger partial charge in [-0.05, 0) is 38.8 Å². The fourth-order valence-corrected chi connectivity index (χ4v) is 1.82. The molecule has 0 heterocycles. The smallest absolute Gasteiger partial charge is 0.191 e. The van der Waals surface area contributed by atoms with E-state index in [2.05, 4.69) is 61.5 Å². The topological polar surface area (TPSA) is 45.7 Å². The van der Waals surface area contributed by atoms with Crippen molar-refractivity contribution in [1.29, 1.82) is 0 Å². The third-order valence-electron chi connectivity index (χ3n) is 2.56. The molecule has 4 nitrogen and oxygen atoms in total. The van der Waals surface area contributed by atoms with Crippen molar-refractivity contribution >= 4 is 5.96 Å². The molecule has 112 valence electrons. The van der Waals surface area contributed by atoms with E-state index in [0.717, 1.165) is 12.5 Å². The molecule has 4 heteroatoms. The first-order valence-electron chi connectivity index (χ1n) is 7.08. The standard InChI is InChI=1S/C16H27N3O/c1-6-17-15(19-16(2,3)4)18-11-13-8-7-9-14(10-13)12-20-5/h7-10H,6,11-12H2,1-5H3,(H2,17,18,19).